The standard InChI is InChI=1S/C18H18N4/c1-11-5-6-16-17(7-11)21-18(20-16)15(10-19)9-14-8-12(2)22(4)13(14)3/h5-9H,1-4H3,(H,20,21). The van der Waals surface area contributed by atoms with E-state index in [0.717, 1.165) is 22.3 Å². The molecule has 0 fully saturated rings. The number of nitrogens with zero attached hydrogens (tertiary/aromatic N) is 3. The molecule has 0 aliphatic carbocycles. The zero-order valence-electron chi connectivity index (χ0n) is 13.2. The van der Waals surface area contributed by atoms with Crippen molar-refractivity contribution in [3.05, 3.63) is 52.6 Å². The van der Waals surface area contributed by atoms with E-state index in [1.165, 1.54) is 11.3 Å². The third-order valence-corrected chi connectivity index (χ3v) is 4.13. The van der Waals surface area contributed by atoms with Gasteiger partial charge in [0.15, 0.2) is 0 Å². The molecule has 0 saturated carbocycles. The van der Waals surface area contributed by atoms with Crippen LogP contribution in [-0.4, -0.2) is 14.5 Å². The molecule has 0 atom stereocenters. The first kappa shape index (κ1) is 14.2. The van der Waals surface area contributed by atoms with Crippen molar-refractivity contribution in [3.63, 3.8) is 0 Å². The van der Waals surface area contributed by atoms with Gasteiger partial charge in [-0.2, -0.15) is 5.26 Å². The number of H-pyrrole nitrogens is 1. The molecule has 0 amide bonds. The summed E-state index contributed by atoms with van der Waals surface area (Å²) in [6.45, 7) is 6.15. The average Bonchev–Trinajstić information content (AvgIpc) is 3.01. The van der Waals surface area contributed by atoms with Gasteiger partial charge >= 0.3 is 0 Å². The lowest BCUT2D eigenvalue weighted by Gasteiger charge is -1.99. The quantitative estimate of drug-likeness (QED) is 0.728. The van der Waals surface area contributed by atoms with Gasteiger partial charge in [0.25, 0.3) is 0 Å². The number of aromatic amines is 1. The van der Waals surface area contributed by atoms with Crippen LogP contribution >= 0.6 is 0 Å². The number of nitriles is 1. The van der Waals surface area contributed by atoms with Gasteiger partial charge in [0.05, 0.1) is 16.6 Å². The molecule has 22 heavy (non-hydrogen) atoms. The summed E-state index contributed by atoms with van der Waals surface area (Å²) in [4.78, 5) is 7.77. The van der Waals surface area contributed by atoms with Gasteiger partial charge < -0.3 is 9.55 Å². The Morgan fingerprint density at radius 1 is 1.27 bits per heavy atom. The Bertz CT molecular complexity index is 932. The second-order valence-corrected chi connectivity index (χ2v) is 5.66. The van der Waals surface area contributed by atoms with E-state index in [2.05, 4.69) is 40.5 Å². The molecule has 0 spiro atoms. The van der Waals surface area contributed by atoms with Crippen LogP contribution in [-0.2, 0) is 7.05 Å². The fourth-order valence-corrected chi connectivity index (χ4v) is 2.59. The smallest absolute Gasteiger partial charge is 0.149 e. The number of nitrogens with one attached hydrogen (secondary N) is 1. The Morgan fingerprint density at radius 2 is 2.05 bits per heavy atom. The summed E-state index contributed by atoms with van der Waals surface area (Å²) in [5.41, 5.74) is 6.90. The van der Waals surface area contributed by atoms with Gasteiger partial charge in [-0.3, -0.25) is 0 Å². The minimum atomic E-state index is 0.544. The Hall–Kier alpha value is -2.80. The number of aromatic nitrogens is 3. The molecule has 0 unspecified atom stereocenters. The van der Waals surface area contributed by atoms with Gasteiger partial charge in [-0.1, -0.05) is 6.07 Å². The highest BCUT2D eigenvalue weighted by Gasteiger charge is 2.10. The second-order valence-electron chi connectivity index (χ2n) is 5.66. The van der Waals surface area contributed by atoms with E-state index in [1.54, 1.807) is 0 Å². The number of rotatable bonds is 2. The van der Waals surface area contributed by atoms with Crippen LogP contribution in [0.5, 0.6) is 0 Å². The van der Waals surface area contributed by atoms with E-state index in [9.17, 15) is 5.26 Å². The fraction of sp³-hybridized carbons (Fsp3) is 0.222. The van der Waals surface area contributed by atoms with Crippen molar-refractivity contribution in [2.75, 3.05) is 0 Å². The SMILES string of the molecule is Cc1ccc2nc(C(C#N)=Cc3cc(C)n(C)c3C)[nH]c2c1. The lowest BCUT2D eigenvalue weighted by Crippen LogP contribution is -1.93. The zero-order chi connectivity index (χ0) is 15.9. The van der Waals surface area contributed by atoms with Crippen LogP contribution in [0.2, 0.25) is 0 Å². The van der Waals surface area contributed by atoms with E-state index >= 15 is 0 Å². The van der Waals surface area contributed by atoms with Crippen molar-refractivity contribution in [3.8, 4) is 6.07 Å². The number of imidazole rings is 1. The Balaban J connectivity index is 2.11. The van der Waals surface area contributed by atoms with Gasteiger partial charge in [0.1, 0.15) is 11.9 Å². The fourth-order valence-electron chi connectivity index (χ4n) is 2.59. The Kier molecular flexibility index (Phi) is 3.34. The van der Waals surface area contributed by atoms with Gasteiger partial charge in [-0.25, -0.2) is 4.98 Å². The summed E-state index contributed by atoms with van der Waals surface area (Å²) >= 11 is 0. The van der Waals surface area contributed by atoms with Crippen LogP contribution in [0.25, 0.3) is 22.7 Å². The highest BCUT2D eigenvalue weighted by Crippen LogP contribution is 2.22. The van der Waals surface area contributed by atoms with Crippen LogP contribution in [0.4, 0.5) is 0 Å². The molecular formula is C18H18N4. The molecule has 3 aromatic rings. The van der Waals surface area contributed by atoms with Crippen molar-refractivity contribution in [1.82, 2.24) is 14.5 Å². The Labute approximate surface area is 129 Å². The van der Waals surface area contributed by atoms with Crippen LogP contribution in [0.3, 0.4) is 0 Å². The summed E-state index contributed by atoms with van der Waals surface area (Å²) in [6.07, 6.45) is 1.90. The highest BCUT2D eigenvalue weighted by molar-refractivity contribution is 5.90. The molecule has 110 valence electrons. The summed E-state index contributed by atoms with van der Waals surface area (Å²) in [7, 11) is 2.03. The molecule has 0 bridgehead atoms. The van der Waals surface area contributed by atoms with E-state index < -0.39 is 0 Å². The summed E-state index contributed by atoms with van der Waals surface area (Å²) < 4.78 is 2.11. The van der Waals surface area contributed by atoms with Gasteiger partial charge in [-0.15, -0.1) is 0 Å². The van der Waals surface area contributed by atoms with Crippen molar-refractivity contribution in [1.29, 1.82) is 5.26 Å². The normalized spacial score (nSPS) is 11.9. The molecule has 2 aromatic heterocycles. The minimum absolute atomic E-state index is 0.544. The zero-order valence-corrected chi connectivity index (χ0v) is 13.2. The molecule has 0 saturated heterocycles. The first-order valence-corrected chi connectivity index (χ1v) is 7.21. The van der Waals surface area contributed by atoms with E-state index in [1.807, 2.05) is 38.2 Å². The number of hydrogen-bond donors (Lipinski definition) is 1. The first-order valence-electron chi connectivity index (χ1n) is 7.21. The molecule has 1 aromatic carbocycles. The molecule has 4 nitrogen and oxygen atoms in total. The van der Waals surface area contributed by atoms with Crippen molar-refractivity contribution in [2.45, 2.75) is 20.8 Å². The van der Waals surface area contributed by atoms with Crippen LogP contribution < -0.4 is 0 Å². The van der Waals surface area contributed by atoms with Gasteiger partial charge in [-0.05, 0) is 56.2 Å². The monoisotopic (exact) mass is 290 g/mol. The van der Waals surface area contributed by atoms with Crippen LogP contribution in [0.15, 0.2) is 24.3 Å². The largest absolute Gasteiger partial charge is 0.352 e. The maximum atomic E-state index is 9.50. The maximum Gasteiger partial charge on any atom is 0.149 e. The number of aryl methyl sites for hydroxylation is 2. The number of allylic oxidation sites excluding steroid dienone is 1. The molecular weight excluding hydrogens is 272 g/mol. The molecule has 0 aliphatic heterocycles. The summed E-state index contributed by atoms with van der Waals surface area (Å²) in [6, 6.07) is 10.4. The first-order chi connectivity index (χ1) is 10.5. The number of benzene rings is 1. The third kappa shape index (κ3) is 2.31. The summed E-state index contributed by atoms with van der Waals surface area (Å²) in [5, 5.41) is 9.50. The number of hydrogen-bond acceptors (Lipinski definition) is 2. The van der Waals surface area contributed by atoms with Gasteiger partial charge in [0, 0.05) is 18.4 Å². The van der Waals surface area contributed by atoms with Crippen molar-refractivity contribution in [2.24, 2.45) is 7.05 Å². The predicted octanol–water partition coefficient (Wildman–Crippen LogP) is 3.89. The molecule has 0 aliphatic rings. The van der Waals surface area contributed by atoms with Crippen molar-refractivity contribution >= 4 is 22.7 Å². The molecule has 4 heteroatoms. The third-order valence-electron chi connectivity index (χ3n) is 4.13. The molecule has 1 N–H and O–H groups in total. The van der Waals surface area contributed by atoms with Crippen molar-refractivity contribution < 1.29 is 0 Å². The topological polar surface area (TPSA) is 57.4 Å². The predicted molar refractivity (Wildman–Crippen MR) is 89.2 cm³/mol. The van der Waals surface area contributed by atoms with Crippen LogP contribution in [0.1, 0.15) is 28.3 Å². The maximum absolute atomic E-state index is 9.50. The van der Waals surface area contributed by atoms with Crippen LogP contribution in [0, 0.1) is 32.1 Å². The second kappa shape index (κ2) is 5.19. The lowest BCUT2D eigenvalue weighted by atomic mass is 10.1. The summed E-state index contributed by atoms with van der Waals surface area (Å²) in [5.74, 6) is 0.615. The number of fused-ring (bicyclic) bond motifs is 1. The Morgan fingerprint density at radius 3 is 2.68 bits per heavy atom. The minimum Gasteiger partial charge on any atom is -0.352 e. The van der Waals surface area contributed by atoms with Gasteiger partial charge in [0.2, 0.25) is 0 Å². The van der Waals surface area contributed by atoms with E-state index in [-0.39, 0.29) is 0 Å². The highest BCUT2D eigenvalue weighted by atomic mass is 14.9. The van der Waals surface area contributed by atoms with E-state index in [4.69, 9.17) is 0 Å². The van der Waals surface area contributed by atoms with E-state index in [0.29, 0.717) is 11.4 Å². The molecule has 0 radical (unpaired) electrons. The average molecular weight is 290 g/mol. The lowest BCUT2D eigenvalue weighted by molar-refractivity contribution is 0.843. The molecule has 3 rings (SSSR count). The molecule has 2 heterocycles.